The molecule has 0 heterocycles. The van der Waals surface area contributed by atoms with Crippen molar-refractivity contribution < 1.29 is 9.90 Å². The van der Waals surface area contributed by atoms with Crippen molar-refractivity contribution in [2.45, 2.75) is 38.7 Å². The fraction of sp³-hybridized carbons (Fsp3) is 0.320. The van der Waals surface area contributed by atoms with Crippen LogP contribution >= 0.6 is 0 Å². The van der Waals surface area contributed by atoms with Gasteiger partial charge in [0.25, 0.3) is 0 Å². The fourth-order valence-corrected chi connectivity index (χ4v) is 3.92. The van der Waals surface area contributed by atoms with E-state index < -0.39 is 11.5 Å². The van der Waals surface area contributed by atoms with E-state index in [4.69, 9.17) is 0 Å². The smallest absolute Gasteiger partial charge is 0.142 e. The Hall–Kier alpha value is -2.45. The standard InChI is InChI=1S/C25H28O2/c1-20-18-23(26)25(24(27)19-20,16-8-14-21-10-4-2-5-11-21)17-9-15-22-12-6-3-7-13-22/h2-15,20,23,26H,16-19H2,1H3. The molecule has 0 saturated heterocycles. The van der Waals surface area contributed by atoms with Gasteiger partial charge < -0.3 is 5.11 Å². The largest absolute Gasteiger partial charge is 0.392 e. The van der Waals surface area contributed by atoms with Crippen LogP contribution in [0.4, 0.5) is 0 Å². The van der Waals surface area contributed by atoms with Crippen molar-refractivity contribution in [2.75, 3.05) is 0 Å². The van der Waals surface area contributed by atoms with E-state index in [1.54, 1.807) is 0 Å². The molecule has 140 valence electrons. The van der Waals surface area contributed by atoms with Crippen LogP contribution in [0.25, 0.3) is 12.2 Å². The van der Waals surface area contributed by atoms with E-state index in [2.05, 4.69) is 0 Å². The minimum absolute atomic E-state index is 0.184. The van der Waals surface area contributed by atoms with Gasteiger partial charge in [-0.25, -0.2) is 0 Å². The second-order valence-corrected chi connectivity index (χ2v) is 7.67. The molecule has 0 bridgehead atoms. The normalized spacial score (nSPS) is 26.1. The van der Waals surface area contributed by atoms with Gasteiger partial charge in [0, 0.05) is 6.42 Å². The van der Waals surface area contributed by atoms with Gasteiger partial charge in [-0.3, -0.25) is 4.79 Å². The monoisotopic (exact) mass is 360 g/mol. The van der Waals surface area contributed by atoms with Crippen LogP contribution in [-0.4, -0.2) is 17.0 Å². The summed E-state index contributed by atoms with van der Waals surface area (Å²) in [5, 5.41) is 10.9. The fourth-order valence-electron chi connectivity index (χ4n) is 3.92. The van der Waals surface area contributed by atoms with Crippen molar-refractivity contribution >= 4 is 17.9 Å². The van der Waals surface area contributed by atoms with E-state index in [-0.39, 0.29) is 11.7 Å². The molecule has 0 radical (unpaired) electrons. The molecule has 1 fully saturated rings. The zero-order chi connectivity index (χ0) is 19.1. The summed E-state index contributed by atoms with van der Waals surface area (Å²) in [6.07, 6.45) is 9.93. The number of carbonyl (C=O) groups is 1. The highest BCUT2D eigenvalue weighted by Gasteiger charge is 2.46. The second-order valence-electron chi connectivity index (χ2n) is 7.67. The lowest BCUT2D eigenvalue weighted by atomic mass is 9.64. The number of Topliss-reactive ketones (excluding diaryl/α,β-unsaturated/α-hetero) is 1. The molecule has 1 saturated carbocycles. The van der Waals surface area contributed by atoms with Crippen molar-refractivity contribution in [1.29, 1.82) is 0 Å². The highest BCUT2D eigenvalue weighted by molar-refractivity contribution is 5.87. The van der Waals surface area contributed by atoms with Gasteiger partial charge in [0.15, 0.2) is 0 Å². The average molecular weight is 360 g/mol. The van der Waals surface area contributed by atoms with Gasteiger partial charge >= 0.3 is 0 Å². The highest BCUT2D eigenvalue weighted by atomic mass is 16.3. The van der Waals surface area contributed by atoms with Gasteiger partial charge in [-0.2, -0.15) is 0 Å². The number of hydrogen-bond donors (Lipinski definition) is 1. The maximum Gasteiger partial charge on any atom is 0.142 e. The number of ketones is 1. The van der Waals surface area contributed by atoms with Crippen LogP contribution in [0.2, 0.25) is 0 Å². The molecule has 2 aromatic rings. The molecule has 2 unspecified atom stereocenters. The lowest BCUT2D eigenvalue weighted by Gasteiger charge is -2.41. The average Bonchev–Trinajstić information content (AvgIpc) is 2.67. The first-order valence-electron chi connectivity index (χ1n) is 9.75. The van der Waals surface area contributed by atoms with Crippen molar-refractivity contribution in [1.82, 2.24) is 0 Å². The molecular weight excluding hydrogens is 332 g/mol. The maximum atomic E-state index is 13.0. The molecule has 1 aliphatic rings. The summed E-state index contributed by atoms with van der Waals surface area (Å²) in [4.78, 5) is 13.0. The van der Waals surface area contributed by atoms with Gasteiger partial charge in [-0.15, -0.1) is 0 Å². The number of benzene rings is 2. The van der Waals surface area contributed by atoms with Crippen molar-refractivity contribution in [2.24, 2.45) is 11.3 Å². The van der Waals surface area contributed by atoms with Gasteiger partial charge in [0.1, 0.15) is 5.78 Å². The van der Waals surface area contributed by atoms with Crippen molar-refractivity contribution in [3.05, 3.63) is 83.9 Å². The van der Waals surface area contributed by atoms with Crippen molar-refractivity contribution in [3.8, 4) is 0 Å². The molecular formula is C25H28O2. The first-order valence-corrected chi connectivity index (χ1v) is 9.75. The van der Waals surface area contributed by atoms with Crippen LogP contribution in [0.5, 0.6) is 0 Å². The number of rotatable bonds is 6. The minimum atomic E-state index is -0.719. The third-order valence-electron chi connectivity index (χ3n) is 5.54. The summed E-state index contributed by atoms with van der Waals surface area (Å²) < 4.78 is 0. The quantitative estimate of drug-likeness (QED) is 0.734. The summed E-state index contributed by atoms with van der Waals surface area (Å²) in [5.41, 5.74) is 1.50. The molecule has 0 spiro atoms. The molecule has 0 amide bonds. The Morgan fingerprint density at radius 2 is 1.41 bits per heavy atom. The van der Waals surface area contributed by atoms with E-state index in [1.165, 1.54) is 0 Å². The number of aliphatic hydroxyl groups excluding tert-OH is 1. The molecule has 27 heavy (non-hydrogen) atoms. The predicted octanol–water partition coefficient (Wildman–Crippen LogP) is 5.54. The molecule has 1 aliphatic carbocycles. The Morgan fingerprint density at radius 3 is 1.85 bits per heavy atom. The van der Waals surface area contributed by atoms with Crippen LogP contribution < -0.4 is 0 Å². The minimum Gasteiger partial charge on any atom is -0.392 e. The van der Waals surface area contributed by atoms with Gasteiger partial charge in [0.2, 0.25) is 0 Å². The zero-order valence-corrected chi connectivity index (χ0v) is 15.9. The molecule has 2 heteroatoms. The topological polar surface area (TPSA) is 37.3 Å². The second kappa shape index (κ2) is 8.96. The molecule has 3 rings (SSSR count). The first-order chi connectivity index (χ1) is 13.1. The van der Waals surface area contributed by atoms with Crippen LogP contribution in [0.1, 0.15) is 43.7 Å². The van der Waals surface area contributed by atoms with Crippen LogP contribution in [0, 0.1) is 11.3 Å². The molecule has 1 N–H and O–H groups in total. The number of carbonyl (C=O) groups excluding carboxylic acids is 1. The van der Waals surface area contributed by atoms with E-state index in [9.17, 15) is 9.90 Å². The maximum absolute atomic E-state index is 13.0. The number of allylic oxidation sites excluding steroid dienone is 2. The summed E-state index contributed by atoms with van der Waals surface area (Å²) >= 11 is 0. The van der Waals surface area contributed by atoms with E-state index in [0.717, 1.165) is 11.1 Å². The Morgan fingerprint density at radius 1 is 0.926 bits per heavy atom. The Balaban J connectivity index is 1.79. The molecule has 0 aromatic heterocycles. The van der Waals surface area contributed by atoms with E-state index in [1.807, 2.05) is 91.9 Å². The molecule has 0 aliphatic heterocycles. The SMILES string of the molecule is CC1CC(=O)C(CC=Cc2ccccc2)(CC=Cc2ccccc2)C(O)C1. The molecule has 2 nitrogen and oxygen atoms in total. The zero-order valence-electron chi connectivity index (χ0n) is 15.9. The lowest BCUT2D eigenvalue weighted by Crippen LogP contribution is -2.47. The van der Waals surface area contributed by atoms with Crippen LogP contribution in [-0.2, 0) is 4.79 Å². The summed E-state index contributed by atoms with van der Waals surface area (Å²) in [6.45, 7) is 2.05. The third-order valence-corrected chi connectivity index (χ3v) is 5.54. The lowest BCUT2D eigenvalue weighted by molar-refractivity contribution is -0.142. The Labute approximate surface area is 162 Å². The van der Waals surface area contributed by atoms with Crippen LogP contribution in [0.3, 0.4) is 0 Å². The van der Waals surface area contributed by atoms with Crippen LogP contribution in [0.15, 0.2) is 72.8 Å². The third kappa shape index (κ3) is 4.84. The van der Waals surface area contributed by atoms with Gasteiger partial charge in [-0.05, 0) is 36.3 Å². The molecule has 2 atom stereocenters. The summed E-state index contributed by atoms with van der Waals surface area (Å²) in [6, 6.07) is 20.1. The van der Waals surface area contributed by atoms with E-state index in [0.29, 0.717) is 25.7 Å². The first kappa shape index (κ1) is 19.3. The Kier molecular flexibility index (Phi) is 6.41. The summed E-state index contributed by atoms with van der Waals surface area (Å²) in [5.74, 6) is 0.431. The Bertz CT molecular complexity index is 738. The van der Waals surface area contributed by atoms with Crippen molar-refractivity contribution in [3.63, 3.8) is 0 Å². The number of aliphatic hydroxyl groups is 1. The predicted molar refractivity (Wildman–Crippen MR) is 112 cm³/mol. The number of hydrogen-bond acceptors (Lipinski definition) is 2. The van der Waals surface area contributed by atoms with Gasteiger partial charge in [0.05, 0.1) is 11.5 Å². The van der Waals surface area contributed by atoms with E-state index >= 15 is 0 Å². The molecule has 2 aromatic carbocycles. The summed E-state index contributed by atoms with van der Waals surface area (Å²) in [7, 11) is 0. The highest BCUT2D eigenvalue weighted by Crippen LogP contribution is 2.42. The van der Waals surface area contributed by atoms with Gasteiger partial charge in [-0.1, -0.05) is 91.9 Å².